The summed E-state index contributed by atoms with van der Waals surface area (Å²) in [6.07, 6.45) is 1.04. The van der Waals surface area contributed by atoms with Crippen LogP contribution in [-0.4, -0.2) is 17.9 Å². The summed E-state index contributed by atoms with van der Waals surface area (Å²) in [5, 5.41) is 5.47. The number of benzene rings is 2. The fourth-order valence-electron chi connectivity index (χ4n) is 2.75. The summed E-state index contributed by atoms with van der Waals surface area (Å²) in [5.41, 5.74) is 1.80. The van der Waals surface area contributed by atoms with Crippen LogP contribution in [0, 0.1) is 11.7 Å². The molecule has 2 rings (SSSR count). The van der Waals surface area contributed by atoms with Gasteiger partial charge in [-0.25, -0.2) is 4.39 Å². The molecule has 0 aromatic heterocycles. The number of carbonyl (C=O) groups is 2. The van der Waals surface area contributed by atoms with Crippen LogP contribution in [0.2, 0.25) is 0 Å². The molecule has 4 nitrogen and oxygen atoms in total. The van der Waals surface area contributed by atoms with Crippen molar-refractivity contribution in [1.82, 2.24) is 5.32 Å². The van der Waals surface area contributed by atoms with Gasteiger partial charge >= 0.3 is 0 Å². The van der Waals surface area contributed by atoms with Crippen LogP contribution in [-0.2, 0) is 4.79 Å². The van der Waals surface area contributed by atoms with Gasteiger partial charge in [0.15, 0.2) is 0 Å². The number of carbonyl (C=O) groups excluding carboxylic acids is 2. The van der Waals surface area contributed by atoms with Gasteiger partial charge in [0, 0.05) is 5.69 Å². The van der Waals surface area contributed by atoms with Gasteiger partial charge in [-0.15, -0.1) is 0 Å². The highest BCUT2D eigenvalue weighted by atomic mass is 19.1. The minimum Gasteiger partial charge on any atom is -0.340 e. The standard InChI is InChI=1S/C22H27FN2O2/c1-5-15(4)16-10-12-17(13-11-16)24-22(27)20(14(2)3)25-21(26)18-8-6-7-9-19(18)23/h6-15,20H,5H2,1-4H3,(H,24,27)(H,25,26)/t15-,20-/m0/s1. The SMILES string of the molecule is CC[C@H](C)c1ccc(NC(=O)[C@@H](NC(=O)c2ccccc2F)C(C)C)cc1. The van der Waals surface area contributed by atoms with Crippen LogP contribution in [0.1, 0.15) is 56.0 Å². The molecule has 27 heavy (non-hydrogen) atoms. The number of anilines is 1. The monoisotopic (exact) mass is 370 g/mol. The van der Waals surface area contributed by atoms with E-state index >= 15 is 0 Å². The van der Waals surface area contributed by atoms with Crippen LogP contribution in [0.5, 0.6) is 0 Å². The van der Waals surface area contributed by atoms with Crippen molar-refractivity contribution in [3.05, 3.63) is 65.5 Å². The second kappa shape index (κ2) is 9.31. The Morgan fingerprint density at radius 1 is 1.00 bits per heavy atom. The lowest BCUT2D eigenvalue weighted by Gasteiger charge is -2.22. The third kappa shape index (κ3) is 5.39. The largest absolute Gasteiger partial charge is 0.340 e. The molecule has 2 amide bonds. The topological polar surface area (TPSA) is 58.2 Å². The smallest absolute Gasteiger partial charge is 0.254 e. The highest BCUT2D eigenvalue weighted by Gasteiger charge is 2.25. The van der Waals surface area contributed by atoms with E-state index in [0.29, 0.717) is 11.6 Å². The second-order valence-electron chi connectivity index (χ2n) is 7.10. The van der Waals surface area contributed by atoms with Crippen molar-refractivity contribution in [2.45, 2.75) is 46.1 Å². The third-order valence-corrected chi connectivity index (χ3v) is 4.71. The minimum absolute atomic E-state index is 0.0751. The summed E-state index contributed by atoms with van der Waals surface area (Å²) in [5.74, 6) is -1.24. The molecule has 0 saturated carbocycles. The number of amides is 2. The fourth-order valence-corrected chi connectivity index (χ4v) is 2.75. The van der Waals surface area contributed by atoms with E-state index in [9.17, 15) is 14.0 Å². The Labute approximate surface area is 160 Å². The van der Waals surface area contributed by atoms with Crippen LogP contribution >= 0.6 is 0 Å². The zero-order chi connectivity index (χ0) is 20.0. The van der Waals surface area contributed by atoms with Gasteiger partial charge in [0.05, 0.1) is 5.56 Å². The van der Waals surface area contributed by atoms with E-state index < -0.39 is 17.8 Å². The van der Waals surface area contributed by atoms with Crippen molar-refractivity contribution in [2.24, 2.45) is 5.92 Å². The van der Waals surface area contributed by atoms with Gasteiger partial charge in [-0.3, -0.25) is 9.59 Å². The number of halogens is 1. The maximum Gasteiger partial charge on any atom is 0.254 e. The molecule has 0 bridgehead atoms. The van der Waals surface area contributed by atoms with E-state index in [4.69, 9.17) is 0 Å². The first kappa shape index (κ1) is 20.6. The summed E-state index contributed by atoms with van der Waals surface area (Å²) in [6.45, 7) is 7.95. The quantitative estimate of drug-likeness (QED) is 0.740. The number of hydrogen-bond acceptors (Lipinski definition) is 2. The Morgan fingerprint density at radius 3 is 2.19 bits per heavy atom. The predicted octanol–water partition coefficient (Wildman–Crippen LogP) is 4.73. The van der Waals surface area contributed by atoms with E-state index in [1.807, 2.05) is 38.1 Å². The highest BCUT2D eigenvalue weighted by Crippen LogP contribution is 2.21. The van der Waals surface area contributed by atoms with Crippen molar-refractivity contribution in [3.8, 4) is 0 Å². The molecule has 2 aromatic rings. The second-order valence-corrected chi connectivity index (χ2v) is 7.10. The van der Waals surface area contributed by atoms with Crippen LogP contribution in [0.25, 0.3) is 0 Å². The van der Waals surface area contributed by atoms with Crippen LogP contribution in [0.15, 0.2) is 48.5 Å². The summed E-state index contributed by atoms with van der Waals surface area (Å²) >= 11 is 0. The summed E-state index contributed by atoms with van der Waals surface area (Å²) in [7, 11) is 0. The van der Waals surface area contributed by atoms with E-state index in [1.54, 1.807) is 6.07 Å². The molecular weight excluding hydrogens is 343 g/mol. The van der Waals surface area contributed by atoms with Crippen LogP contribution in [0.3, 0.4) is 0 Å². The molecule has 2 atom stereocenters. The number of rotatable bonds is 7. The van der Waals surface area contributed by atoms with Gasteiger partial charge in [-0.1, -0.05) is 52.0 Å². The third-order valence-electron chi connectivity index (χ3n) is 4.71. The van der Waals surface area contributed by atoms with Gasteiger partial charge in [0.25, 0.3) is 5.91 Å². The maximum atomic E-state index is 13.8. The molecule has 2 N–H and O–H groups in total. The van der Waals surface area contributed by atoms with Gasteiger partial charge < -0.3 is 10.6 Å². The molecule has 0 aliphatic heterocycles. The Bertz CT molecular complexity index is 787. The predicted molar refractivity (Wildman–Crippen MR) is 106 cm³/mol. The molecule has 2 aromatic carbocycles. The lowest BCUT2D eigenvalue weighted by molar-refractivity contribution is -0.118. The van der Waals surface area contributed by atoms with Crippen LogP contribution < -0.4 is 10.6 Å². The molecule has 0 radical (unpaired) electrons. The van der Waals surface area contributed by atoms with Crippen molar-refractivity contribution in [3.63, 3.8) is 0 Å². The van der Waals surface area contributed by atoms with Crippen molar-refractivity contribution >= 4 is 17.5 Å². The molecule has 144 valence electrons. The molecule has 0 aliphatic carbocycles. The molecule has 0 spiro atoms. The Morgan fingerprint density at radius 2 is 1.63 bits per heavy atom. The Kier molecular flexibility index (Phi) is 7.11. The lowest BCUT2D eigenvalue weighted by Crippen LogP contribution is -2.47. The molecular formula is C22H27FN2O2. The average molecular weight is 370 g/mol. The van der Waals surface area contributed by atoms with Crippen LogP contribution in [0.4, 0.5) is 10.1 Å². The first-order chi connectivity index (χ1) is 12.8. The van der Waals surface area contributed by atoms with Crippen molar-refractivity contribution < 1.29 is 14.0 Å². The van der Waals surface area contributed by atoms with Gasteiger partial charge in [-0.2, -0.15) is 0 Å². The van der Waals surface area contributed by atoms with E-state index in [2.05, 4.69) is 24.5 Å². The van der Waals surface area contributed by atoms with Gasteiger partial charge in [0.2, 0.25) is 5.91 Å². The zero-order valence-electron chi connectivity index (χ0n) is 16.3. The molecule has 0 heterocycles. The Hall–Kier alpha value is -2.69. The molecule has 0 unspecified atom stereocenters. The summed E-state index contributed by atoms with van der Waals surface area (Å²) < 4.78 is 13.8. The maximum absolute atomic E-state index is 13.8. The molecule has 0 fully saturated rings. The highest BCUT2D eigenvalue weighted by molar-refractivity contribution is 6.01. The first-order valence-electron chi connectivity index (χ1n) is 9.29. The van der Waals surface area contributed by atoms with E-state index in [1.165, 1.54) is 23.8 Å². The van der Waals surface area contributed by atoms with Gasteiger partial charge in [-0.05, 0) is 48.1 Å². The van der Waals surface area contributed by atoms with Crippen molar-refractivity contribution in [1.29, 1.82) is 0 Å². The molecule has 0 saturated heterocycles. The fraction of sp³-hybridized carbons (Fsp3) is 0.364. The van der Waals surface area contributed by atoms with E-state index in [-0.39, 0.29) is 17.4 Å². The normalized spacial score (nSPS) is 13.1. The summed E-state index contributed by atoms with van der Waals surface area (Å²) in [6, 6.07) is 12.6. The van der Waals surface area contributed by atoms with E-state index in [0.717, 1.165) is 6.42 Å². The van der Waals surface area contributed by atoms with Crippen molar-refractivity contribution in [2.75, 3.05) is 5.32 Å². The molecule has 0 aliphatic rings. The number of nitrogens with one attached hydrogen (secondary N) is 2. The first-order valence-corrected chi connectivity index (χ1v) is 9.29. The Balaban J connectivity index is 2.09. The zero-order valence-corrected chi connectivity index (χ0v) is 16.3. The lowest BCUT2D eigenvalue weighted by atomic mass is 9.98. The number of hydrogen-bond donors (Lipinski definition) is 2. The summed E-state index contributed by atoms with van der Waals surface area (Å²) in [4.78, 5) is 25.0. The molecule has 5 heteroatoms. The minimum atomic E-state index is -0.772. The average Bonchev–Trinajstić information content (AvgIpc) is 2.65. The van der Waals surface area contributed by atoms with Gasteiger partial charge in [0.1, 0.15) is 11.9 Å².